The van der Waals surface area contributed by atoms with Crippen molar-refractivity contribution in [3.8, 4) is 0 Å². The lowest BCUT2D eigenvalue weighted by atomic mass is 10.3. The molecule has 3 rings (SSSR count). The Morgan fingerprint density at radius 2 is 1.59 bits per heavy atom. The molecule has 1 heterocycles. The largest absolute Gasteiger partial charge is 0.471 e. The Labute approximate surface area is 151 Å². The van der Waals surface area contributed by atoms with Crippen LogP contribution in [0.1, 0.15) is 0 Å². The third-order valence-corrected chi connectivity index (χ3v) is 4.74. The van der Waals surface area contributed by atoms with Gasteiger partial charge in [0, 0.05) is 5.69 Å². The normalized spacial score (nSPS) is 12.0. The van der Waals surface area contributed by atoms with E-state index in [1.807, 2.05) is 0 Å². The van der Waals surface area contributed by atoms with Crippen LogP contribution in [0.3, 0.4) is 0 Å². The maximum Gasteiger partial charge on any atom is 0.471 e. The number of rotatable bonds is 4. The quantitative estimate of drug-likeness (QED) is 0.706. The molecule has 0 unspecified atom stereocenters. The van der Waals surface area contributed by atoms with Crippen molar-refractivity contribution in [1.82, 2.24) is 9.97 Å². The molecule has 27 heavy (non-hydrogen) atoms. The van der Waals surface area contributed by atoms with Crippen LogP contribution in [0.2, 0.25) is 0 Å². The first-order valence-corrected chi connectivity index (χ1v) is 8.86. The van der Waals surface area contributed by atoms with Crippen LogP contribution in [-0.4, -0.2) is 30.5 Å². The van der Waals surface area contributed by atoms with Crippen LogP contribution in [0, 0.1) is 0 Å². The maximum absolute atomic E-state index is 12.4. The molecule has 0 aliphatic heterocycles. The summed E-state index contributed by atoms with van der Waals surface area (Å²) >= 11 is 0. The van der Waals surface area contributed by atoms with Gasteiger partial charge in [-0.05, 0) is 36.4 Å². The summed E-state index contributed by atoms with van der Waals surface area (Å²) in [6.45, 7) is 0. The zero-order valence-electron chi connectivity index (χ0n) is 13.4. The number of hydrogen-bond donors (Lipinski definition) is 2. The number of anilines is 2. The number of carbonyl (C=O) groups excluding carboxylic acids is 1. The smallest absolute Gasteiger partial charge is 0.318 e. The zero-order chi connectivity index (χ0) is 19.7. The number of halogens is 3. The van der Waals surface area contributed by atoms with E-state index >= 15 is 0 Å². The number of hydrogen-bond acceptors (Lipinski definition) is 5. The molecule has 2 N–H and O–H groups in total. The van der Waals surface area contributed by atoms with Gasteiger partial charge in [-0.2, -0.15) is 13.2 Å². The Bertz CT molecular complexity index is 1100. The molecule has 0 fully saturated rings. The van der Waals surface area contributed by atoms with Crippen molar-refractivity contribution in [3.63, 3.8) is 0 Å². The third kappa shape index (κ3) is 4.31. The molecule has 140 valence electrons. The second-order valence-corrected chi connectivity index (χ2v) is 7.01. The molecule has 1 aromatic heterocycles. The molecule has 7 nitrogen and oxygen atoms in total. The SMILES string of the molecule is O=C(Nc1ccc(S(=O)(=O)Nc2cnc3ccccc3n2)cc1)C(F)(F)F. The van der Waals surface area contributed by atoms with Crippen LogP contribution in [0.4, 0.5) is 24.7 Å². The van der Waals surface area contributed by atoms with Crippen LogP contribution in [0.25, 0.3) is 11.0 Å². The first kappa shape index (κ1) is 18.6. The summed E-state index contributed by atoms with van der Waals surface area (Å²) in [7, 11) is -4.04. The zero-order valence-corrected chi connectivity index (χ0v) is 14.2. The summed E-state index contributed by atoms with van der Waals surface area (Å²) in [4.78, 5) is 18.9. The van der Waals surface area contributed by atoms with Crippen LogP contribution in [0.5, 0.6) is 0 Å². The number of fused-ring (bicyclic) bond motifs is 1. The average molecular weight is 396 g/mol. The fourth-order valence-electron chi connectivity index (χ4n) is 2.12. The van der Waals surface area contributed by atoms with Gasteiger partial charge in [0.05, 0.1) is 22.1 Å². The number of benzene rings is 2. The summed E-state index contributed by atoms with van der Waals surface area (Å²) in [5, 5.41) is 1.63. The fraction of sp³-hybridized carbons (Fsp3) is 0.0625. The van der Waals surface area contributed by atoms with E-state index in [-0.39, 0.29) is 16.4 Å². The molecule has 0 aliphatic rings. The Morgan fingerprint density at radius 1 is 0.963 bits per heavy atom. The van der Waals surface area contributed by atoms with E-state index in [0.717, 1.165) is 24.3 Å². The van der Waals surface area contributed by atoms with Crippen molar-refractivity contribution in [1.29, 1.82) is 0 Å². The van der Waals surface area contributed by atoms with E-state index in [9.17, 15) is 26.4 Å². The van der Waals surface area contributed by atoms with Gasteiger partial charge < -0.3 is 5.32 Å². The second kappa shape index (κ2) is 6.83. The highest BCUT2D eigenvalue weighted by Gasteiger charge is 2.38. The van der Waals surface area contributed by atoms with E-state index in [1.54, 1.807) is 29.6 Å². The first-order valence-electron chi connectivity index (χ1n) is 7.38. The molecule has 0 atom stereocenters. The van der Waals surface area contributed by atoms with E-state index in [0.29, 0.717) is 11.0 Å². The van der Waals surface area contributed by atoms with Crippen molar-refractivity contribution in [2.24, 2.45) is 0 Å². The van der Waals surface area contributed by atoms with Crippen molar-refractivity contribution in [2.45, 2.75) is 11.1 Å². The minimum Gasteiger partial charge on any atom is -0.318 e. The molecule has 0 saturated heterocycles. The fourth-order valence-corrected chi connectivity index (χ4v) is 3.11. The van der Waals surface area contributed by atoms with Gasteiger partial charge in [-0.3, -0.25) is 14.5 Å². The molecule has 3 aromatic rings. The Balaban J connectivity index is 1.78. The number of sulfonamides is 1. The lowest BCUT2D eigenvalue weighted by Gasteiger charge is -2.10. The summed E-state index contributed by atoms with van der Waals surface area (Å²) in [6.07, 6.45) is -3.79. The highest BCUT2D eigenvalue weighted by atomic mass is 32.2. The molecule has 2 aromatic carbocycles. The van der Waals surface area contributed by atoms with Gasteiger partial charge in [-0.1, -0.05) is 12.1 Å². The van der Waals surface area contributed by atoms with Crippen LogP contribution in [-0.2, 0) is 14.8 Å². The highest BCUT2D eigenvalue weighted by molar-refractivity contribution is 7.92. The van der Waals surface area contributed by atoms with Gasteiger partial charge in [-0.15, -0.1) is 0 Å². The second-order valence-electron chi connectivity index (χ2n) is 5.33. The van der Waals surface area contributed by atoms with E-state index in [1.165, 1.54) is 6.20 Å². The summed E-state index contributed by atoms with van der Waals surface area (Å²) in [5.74, 6) is -2.16. The maximum atomic E-state index is 12.4. The van der Waals surface area contributed by atoms with Gasteiger partial charge in [0.25, 0.3) is 10.0 Å². The predicted molar refractivity (Wildman–Crippen MR) is 91.5 cm³/mol. The molecule has 0 radical (unpaired) electrons. The first-order chi connectivity index (χ1) is 12.6. The number of para-hydroxylation sites is 2. The minimum absolute atomic E-state index is 0.0110. The topological polar surface area (TPSA) is 101 Å². The Morgan fingerprint density at radius 3 is 2.22 bits per heavy atom. The molecule has 0 aliphatic carbocycles. The monoisotopic (exact) mass is 396 g/mol. The minimum atomic E-state index is -5.04. The predicted octanol–water partition coefficient (Wildman–Crippen LogP) is 2.93. The van der Waals surface area contributed by atoms with E-state index in [2.05, 4.69) is 14.7 Å². The number of nitrogens with one attached hydrogen (secondary N) is 2. The Kier molecular flexibility index (Phi) is 4.70. The molecule has 0 saturated carbocycles. The number of amides is 1. The molecular formula is C16H11F3N4O3S. The summed E-state index contributed by atoms with van der Waals surface area (Å²) in [5.41, 5.74) is 0.884. The van der Waals surface area contributed by atoms with Crippen LogP contribution < -0.4 is 10.0 Å². The van der Waals surface area contributed by atoms with Crippen molar-refractivity contribution in [3.05, 3.63) is 54.7 Å². The van der Waals surface area contributed by atoms with Crippen molar-refractivity contribution in [2.75, 3.05) is 10.0 Å². The van der Waals surface area contributed by atoms with Crippen molar-refractivity contribution >= 4 is 38.5 Å². The van der Waals surface area contributed by atoms with Crippen LogP contribution >= 0.6 is 0 Å². The standard InChI is InChI=1S/C16H11F3N4O3S/c17-16(18,19)15(24)21-10-5-7-11(8-6-10)27(25,26)23-14-9-20-12-3-1-2-4-13(12)22-14/h1-9H,(H,21,24)(H,22,23). The van der Waals surface area contributed by atoms with Gasteiger partial charge in [0.1, 0.15) is 0 Å². The van der Waals surface area contributed by atoms with Crippen LogP contribution in [0.15, 0.2) is 59.6 Å². The molecule has 11 heteroatoms. The summed E-state index contributed by atoms with van der Waals surface area (Å²) in [6, 6.07) is 11.1. The van der Waals surface area contributed by atoms with E-state index < -0.39 is 22.1 Å². The van der Waals surface area contributed by atoms with Crippen molar-refractivity contribution < 1.29 is 26.4 Å². The Hall–Kier alpha value is -3.21. The summed E-state index contributed by atoms with van der Waals surface area (Å²) < 4.78 is 63.7. The number of nitrogens with zero attached hydrogens (tertiary/aromatic N) is 2. The number of carbonyl (C=O) groups is 1. The lowest BCUT2D eigenvalue weighted by Crippen LogP contribution is -2.29. The van der Waals surface area contributed by atoms with Gasteiger partial charge in [0.15, 0.2) is 5.82 Å². The molecular weight excluding hydrogens is 385 g/mol. The van der Waals surface area contributed by atoms with Gasteiger partial charge in [0.2, 0.25) is 0 Å². The third-order valence-electron chi connectivity index (χ3n) is 3.37. The van der Waals surface area contributed by atoms with Gasteiger partial charge >= 0.3 is 12.1 Å². The average Bonchev–Trinajstić information content (AvgIpc) is 2.61. The number of aromatic nitrogens is 2. The molecule has 1 amide bonds. The molecule has 0 bridgehead atoms. The number of alkyl halides is 3. The lowest BCUT2D eigenvalue weighted by molar-refractivity contribution is -0.167. The van der Waals surface area contributed by atoms with E-state index in [4.69, 9.17) is 0 Å². The van der Waals surface area contributed by atoms with Gasteiger partial charge in [-0.25, -0.2) is 13.4 Å². The highest BCUT2D eigenvalue weighted by Crippen LogP contribution is 2.21. The molecule has 0 spiro atoms.